The van der Waals surface area contributed by atoms with Crippen molar-refractivity contribution in [3.63, 3.8) is 0 Å². The van der Waals surface area contributed by atoms with E-state index in [1.807, 2.05) is 6.07 Å². The molecule has 0 saturated heterocycles. The van der Waals surface area contributed by atoms with Crippen LogP contribution in [0.25, 0.3) is 6.08 Å². The number of halogens is 1. The van der Waals surface area contributed by atoms with E-state index in [4.69, 9.17) is 5.26 Å². The molecule has 4 nitrogen and oxygen atoms in total. The van der Waals surface area contributed by atoms with Crippen LogP contribution >= 0.6 is 0 Å². The third-order valence-electron chi connectivity index (χ3n) is 2.76. The molecule has 1 aromatic carbocycles. The van der Waals surface area contributed by atoms with Gasteiger partial charge < -0.3 is 9.88 Å². The van der Waals surface area contributed by atoms with Crippen molar-refractivity contribution < 1.29 is 9.18 Å². The minimum atomic E-state index is -0.640. The van der Waals surface area contributed by atoms with E-state index in [0.29, 0.717) is 5.69 Å². The Morgan fingerprint density at radius 2 is 2.10 bits per heavy atom. The van der Waals surface area contributed by atoms with Gasteiger partial charge in [-0.05, 0) is 30.3 Å². The molecule has 0 saturated carbocycles. The molecule has 2 rings (SSSR count). The Morgan fingerprint density at radius 1 is 1.35 bits per heavy atom. The van der Waals surface area contributed by atoms with Gasteiger partial charge in [0.1, 0.15) is 17.5 Å². The number of nitrogens with zero attached hydrogens (tertiary/aromatic N) is 2. The number of carbonyl (C=O) groups is 1. The van der Waals surface area contributed by atoms with Crippen LogP contribution in [0.5, 0.6) is 0 Å². The first-order valence-corrected chi connectivity index (χ1v) is 5.91. The highest BCUT2D eigenvalue weighted by molar-refractivity contribution is 6.09. The average molecular weight is 269 g/mol. The number of hydrogen-bond donors (Lipinski definition) is 1. The highest BCUT2D eigenvalue weighted by Gasteiger charge is 2.12. The minimum Gasteiger partial charge on any atom is -0.351 e. The highest BCUT2D eigenvalue weighted by Crippen LogP contribution is 2.14. The summed E-state index contributed by atoms with van der Waals surface area (Å²) in [7, 11) is 1.80. The molecule has 0 aliphatic rings. The van der Waals surface area contributed by atoms with Crippen LogP contribution in [0.2, 0.25) is 0 Å². The smallest absolute Gasteiger partial charge is 0.266 e. The molecule has 1 heterocycles. The maximum atomic E-state index is 13.4. The monoisotopic (exact) mass is 269 g/mol. The SMILES string of the molecule is Cn1cccc1/C=C(\C#N)C(=O)Nc1ccccc1F. The number of carbonyl (C=O) groups excluding carboxylic acids is 1. The summed E-state index contributed by atoms with van der Waals surface area (Å²) in [6, 6.07) is 11.2. The molecule has 1 amide bonds. The van der Waals surface area contributed by atoms with Crippen LogP contribution in [0.3, 0.4) is 0 Å². The minimum absolute atomic E-state index is 0.0468. The molecule has 1 aromatic heterocycles. The second-order valence-corrected chi connectivity index (χ2v) is 4.15. The van der Waals surface area contributed by atoms with Crippen LogP contribution in [0.1, 0.15) is 5.69 Å². The second kappa shape index (κ2) is 5.85. The first-order chi connectivity index (χ1) is 9.61. The van der Waals surface area contributed by atoms with Gasteiger partial charge in [0.2, 0.25) is 0 Å². The van der Waals surface area contributed by atoms with E-state index < -0.39 is 11.7 Å². The summed E-state index contributed by atoms with van der Waals surface area (Å²) in [6.45, 7) is 0. The molecule has 0 aliphatic heterocycles. The summed E-state index contributed by atoms with van der Waals surface area (Å²) in [5, 5.41) is 11.4. The molecule has 0 radical (unpaired) electrons. The average Bonchev–Trinajstić information content (AvgIpc) is 2.84. The molecule has 1 N–H and O–H groups in total. The lowest BCUT2D eigenvalue weighted by molar-refractivity contribution is -0.112. The zero-order chi connectivity index (χ0) is 14.5. The van der Waals surface area contributed by atoms with E-state index >= 15 is 0 Å². The summed E-state index contributed by atoms with van der Waals surface area (Å²) < 4.78 is 15.2. The molecule has 0 aliphatic carbocycles. The number of hydrogen-bond acceptors (Lipinski definition) is 2. The third kappa shape index (κ3) is 2.93. The number of nitrogens with one attached hydrogen (secondary N) is 1. The van der Waals surface area contributed by atoms with Crippen molar-refractivity contribution in [3.05, 3.63) is 59.7 Å². The van der Waals surface area contributed by atoms with Crippen molar-refractivity contribution in [2.45, 2.75) is 0 Å². The molecule has 0 spiro atoms. The van der Waals surface area contributed by atoms with Crippen molar-refractivity contribution >= 4 is 17.7 Å². The number of benzene rings is 1. The molecule has 2 aromatic rings. The summed E-state index contributed by atoms with van der Waals surface area (Å²) in [4.78, 5) is 12.0. The van der Waals surface area contributed by atoms with E-state index in [-0.39, 0.29) is 11.3 Å². The number of anilines is 1. The predicted molar refractivity (Wildman–Crippen MR) is 74.0 cm³/mol. The maximum Gasteiger partial charge on any atom is 0.266 e. The van der Waals surface area contributed by atoms with Gasteiger partial charge in [0.15, 0.2) is 0 Å². The van der Waals surface area contributed by atoms with E-state index in [1.54, 1.807) is 36.0 Å². The Morgan fingerprint density at radius 3 is 2.70 bits per heavy atom. The third-order valence-corrected chi connectivity index (χ3v) is 2.76. The van der Waals surface area contributed by atoms with E-state index in [1.165, 1.54) is 24.3 Å². The number of aryl methyl sites for hydroxylation is 1. The first kappa shape index (κ1) is 13.6. The van der Waals surface area contributed by atoms with Gasteiger partial charge in [-0.1, -0.05) is 12.1 Å². The topological polar surface area (TPSA) is 57.8 Å². The summed E-state index contributed by atoms with van der Waals surface area (Å²) in [6.07, 6.45) is 3.26. The van der Waals surface area contributed by atoms with E-state index in [2.05, 4.69) is 5.32 Å². The number of amides is 1. The van der Waals surface area contributed by atoms with Gasteiger partial charge in [0.25, 0.3) is 5.91 Å². The Balaban J connectivity index is 2.23. The van der Waals surface area contributed by atoms with Gasteiger partial charge in [0.05, 0.1) is 5.69 Å². The number of aromatic nitrogens is 1. The quantitative estimate of drug-likeness (QED) is 0.688. The van der Waals surface area contributed by atoms with Crippen molar-refractivity contribution in [2.24, 2.45) is 7.05 Å². The fourth-order valence-electron chi connectivity index (χ4n) is 1.67. The number of rotatable bonds is 3. The fourth-order valence-corrected chi connectivity index (χ4v) is 1.67. The Bertz CT molecular complexity index is 710. The molecule has 100 valence electrons. The molecule has 0 unspecified atom stereocenters. The second-order valence-electron chi connectivity index (χ2n) is 4.15. The lowest BCUT2D eigenvalue weighted by atomic mass is 10.2. The molecule has 0 fully saturated rings. The van der Waals surface area contributed by atoms with Gasteiger partial charge in [-0.25, -0.2) is 4.39 Å². The van der Waals surface area contributed by atoms with Crippen LogP contribution in [-0.4, -0.2) is 10.5 Å². The van der Waals surface area contributed by atoms with Crippen LogP contribution in [-0.2, 0) is 11.8 Å². The van der Waals surface area contributed by atoms with Gasteiger partial charge in [-0.15, -0.1) is 0 Å². The largest absolute Gasteiger partial charge is 0.351 e. The van der Waals surface area contributed by atoms with E-state index in [9.17, 15) is 9.18 Å². The van der Waals surface area contributed by atoms with Gasteiger partial charge in [-0.2, -0.15) is 5.26 Å². The number of nitriles is 1. The summed E-state index contributed by atoms with van der Waals surface area (Å²) in [5.41, 5.74) is 0.672. The molecule has 0 atom stereocenters. The van der Waals surface area contributed by atoms with Crippen LogP contribution in [0.15, 0.2) is 48.2 Å². The summed E-state index contributed by atoms with van der Waals surface area (Å²) >= 11 is 0. The fraction of sp³-hybridized carbons (Fsp3) is 0.0667. The molecule has 20 heavy (non-hydrogen) atoms. The predicted octanol–water partition coefficient (Wildman–Crippen LogP) is 2.71. The lowest BCUT2D eigenvalue weighted by Gasteiger charge is -2.05. The van der Waals surface area contributed by atoms with Gasteiger partial charge >= 0.3 is 0 Å². The van der Waals surface area contributed by atoms with Crippen LogP contribution < -0.4 is 5.32 Å². The highest BCUT2D eigenvalue weighted by atomic mass is 19.1. The van der Waals surface area contributed by atoms with E-state index in [0.717, 1.165) is 0 Å². The van der Waals surface area contributed by atoms with Gasteiger partial charge in [0, 0.05) is 18.9 Å². The molecular formula is C15H12FN3O. The van der Waals surface area contributed by atoms with Crippen molar-refractivity contribution in [1.82, 2.24) is 4.57 Å². The molecule has 5 heteroatoms. The number of para-hydroxylation sites is 1. The standard InChI is InChI=1S/C15H12FN3O/c1-19-8-4-5-12(19)9-11(10-17)15(20)18-14-7-3-2-6-13(14)16/h2-9H,1H3,(H,18,20)/b11-9+. The zero-order valence-corrected chi connectivity index (χ0v) is 10.8. The molecule has 0 bridgehead atoms. The Kier molecular flexibility index (Phi) is 3.96. The van der Waals surface area contributed by atoms with Crippen LogP contribution in [0.4, 0.5) is 10.1 Å². The zero-order valence-electron chi connectivity index (χ0n) is 10.8. The molecular weight excluding hydrogens is 257 g/mol. The van der Waals surface area contributed by atoms with Gasteiger partial charge in [-0.3, -0.25) is 4.79 Å². The first-order valence-electron chi connectivity index (χ1n) is 5.91. The van der Waals surface area contributed by atoms with Crippen LogP contribution in [0, 0.1) is 17.1 Å². The maximum absolute atomic E-state index is 13.4. The van der Waals surface area contributed by atoms with Crippen molar-refractivity contribution in [1.29, 1.82) is 5.26 Å². The lowest BCUT2D eigenvalue weighted by Crippen LogP contribution is -2.14. The Labute approximate surface area is 115 Å². The Hall–Kier alpha value is -2.87. The van der Waals surface area contributed by atoms with Crippen molar-refractivity contribution in [2.75, 3.05) is 5.32 Å². The summed E-state index contributed by atoms with van der Waals surface area (Å²) in [5.74, 6) is -1.18. The van der Waals surface area contributed by atoms with Crippen molar-refractivity contribution in [3.8, 4) is 6.07 Å². The normalized spacial score (nSPS) is 10.9.